The largest absolute Gasteiger partial charge is 0.356 e. The summed E-state index contributed by atoms with van der Waals surface area (Å²) < 4.78 is 0. The van der Waals surface area contributed by atoms with Crippen molar-refractivity contribution in [3.8, 4) is 0 Å². The number of thioether (sulfide) groups is 1. The highest BCUT2D eigenvalue weighted by atomic mass is 32.2. The van der Waals surface area contributed by atoms with Gasteiger partial charge in [0.25, 0.3) is 0 Å². The second-order valence-corrected chi connectivity index (χ2v) is 4.89. The van der Waals surface area contributed by atoms with Gasteiger partial charge in [0.2, 0.25) is 0 Å². The van der Waals surface area contributed by atoms with Crippen molar-refractivity contribution < 1.29 is 0 Å². The molecular formula is C12H16N2S. The molecular weight excluding hydrogens is 204 g/mol. The molecule has 1 aromatic rings. The minimum Gasteiger partial charge on any atom is -0.356 e. The molecule has 1 heterocycles. The van der Waals surface area contributed by atoms with E-state index < -0.39 is 0 Å². The number of aryl methyl sites for hydroxylation is 2. The van der Waals surface area contributed by atoms with Gasteiger partial charge in [-0.25, -0.2) is 0 Å². The van der Waals surface area contributed by atoms with Gasteiger partial charge in [-0.15, -0.1) is 0 Å². The first-order chi connectivity index (χ1) is 7.16. The third kappa shape index (κ3) is 2.29. The van der Waals surface area contributed by atoms with Crippen molar-refractivity contribution in [1.29, 1.82) is 0 Å². The Kier molecular flexibility index (Phi) is 2.91. The number of benzene rings is 1. The summed E-state index contributed by atoms with van der Waals surface area (Å²) in [7, 11) is 2.08. The maximum absolute atomic E-state index is 3.51. The Bertz CT molecular complexity index is 387. The third-order valence-corrected chi connectivity index (χ3v) is 3.52. The standard InChI is InChI=1S/C12H16N2S/c1-9-4-5-11(10(2)8-9)13-12-14(3)6-7-15-12/h4-8,12-13H,1-3H3. The minimum atomic E-state index is 0.325. The molecule has 0 amide bonds. The normalized spacial score (nSPS) is 19.7. The lowest BCUT2D eigenvalue weighted by Gasteiger charge is -2.23. The van der Waals surface area contributed by atoms with Crippen molar-refractivity contribution in [2.24, 2.45) is 0 Å². The van der Waals surface area contributed by atoms with Crippen LogP contribution in [0.5, 0.6) is 0 Å². The first kappa shape index (κ1) is 10.4. The predicted molar refractivity (Wildman–Crippen MR) is 67.8 cm³/mol. The highest BCUT2D eigenvalue weighted by Crippen LogP contribution is 2.26. The lowest BCUT2D eigenvalue weighted by Crippen LogP contribution is -2.28. The average molecular weight is 220 g/mol. The first-order valence-corrected chi connectivity index (χ1v) is 5.99. The van der Waals surface area contributed by atoms with Crippen LogP contribution in [0.3, 0.4) is 0 Å². The predicted octanol–water partition coefficient (Wildman–Crippen LogP) is 3.15. The zero-order valence-corrected chi connectivity index (χ0v) is 10.1. The summed E-state index contributed by atoms with van der Waals surface area (Å²) in [5, 5.41) is 5.62. The van der Waals surface area contributed by atoms with Crippen molar-refractivity contribution in [3.05, 3.63) is 40.9 Å². The number of nitrogens with zero attached hydrogens (tertiary/aromatic N) is 1. The van der Waals surface area contributed by atoms with Crippen LogP contribution in [0.15, 0.2) is 29.8 Å². The quantitative estimate of drug-likeness (QED) is 0.824. The molecule has 15 heavy (non-hydrogen) atoms. The molecule has 1 atom stereocenters. The van der Waals surface area contributed by atoms with Crippen LogP contribution in [-0.2, 0) is 0 Å². The molecule has 1 unspecified atom stereocenters. The van der Waals surface area contributed by atoms with E-state index in [4.69, 9.17) is 0 Å². The number of anilines is 1. The van der Waals surface area contributed by atoms with E-state index in [1.165, 1.54) is 16.8 Å². The smallest absolute Gasteiger partial charge is 0.151 e. The second-order valence-electron chi connectivity index (χ2n) is 3.90. The summed E-state index contributed by atoms with van der Waals surface area (Å²) in [5.41, 5.74) is 4.15. The zero-order valence-electron chi connectivity index (χ0n) is 9.32. The molecule has 0 radical (unpaired) electrons. The summed E-state index contributed by atoms with van der Waals surface area (Å²) in [6.07, 6.45) is 2.09. The van der Waals surface area contributed by atoms with Crippen LogP contribution in [0.25, 0.3) is 0 Å². The Labute approximate surface area is 95.4 Å². The Morgan fingerprint density at radius 1 is 1.33 bits per heavy atom. The fourth-order valence-corrected chi connectivity index (χ4v) is 2.49. The SMILES string of the molecule is Cc1ccc(NC2SC=CN2C)c(C)c1. The maximum Gasteiger partial charge on any atom is 0.151 e. The van der Waals surface area contributed by atoms with Crippen molar-refractivity contribution in [3.63, 3.8) is 0 Å². The lowest BCUT2D eigenvalue weighted by molar-refractivity contribution is 0.468. The van der Waals surface area contributed by atoms with Crippen LogP contribution in [0.2, 0.25) is 0 Å². The molecule has 1 N–H and O–H groups in total. The number of rotatable bonds is 2. The van der Waals surface area contributed by atoms with E-state index in [2.05, 4.69) is 60.9 Å². The molecule has 0 saturated carbocycles. The summed E-state index contributed by atoms with van der Waals surface area (Å²) in [5.74, 6) is 0. The highest BCUT2D eigenvalue weighted by Gasteiger charge is 2.16. The fourth-order valence-electron chi connectivity index (χ4n) is 1.62. The zero-order chi connectivity index (χ0) is 10.8. The average Bonchev–Trinajstić information content (AvgIpc) is 2.57. The monoisotopic (exact) mass is 220 g/mol. The van der Waals surface area contributed by atoms with E-state index >= 15 is 0 Å². The Morgan fingerprint density at radius 2 is 2.13 bits per heavy atom. The fraction of sp³-hybridized carbons (Fsp3) is 0.333. The summed E-state index contributed by atoms with van der Waals surface area (Å²) >= 11 is 1.79. The Hall–Kier alpha value is -1.09. The van der Waals surface area contributed by atoms with Crippen molar-refractivity contribution in [1.82, 2.24) is 4.90 Å². The van der Waals surface area contributed by atoms with Crippen LogP contribution < -0.4 is 5.32 Å². The van der Waals surface area contributed by atoms with Crippen LogP contribution >= 0.6 is 11.8 Å². The van der Waals surface area contributed by atoms with Crippen LogP contribution in [0, 0.1) is 13.8 Å². The van der Waals surface area contributed by atoms with Gasteiger partial charge < -0.3 is 10.2 Å². The molecule has 0 saturated heterocycles. The molecule has 0 aliphatic carbocycles. The third-order valence-electron chi connectivity index (χ3n) is 2.53. The van der Waals surface area contributed by atoms with E-state index in [9.17, 15) is 0 Å². The molecule has 3 heteroatoms. The van der Waals surface area contributed by atoms with E-state index in [0.717, 1.165) is 0 Å². The molecule has 1 aliphatic heterocycles. The van der Waals surface area contributed by atoms with Crippen LogP contribution in [-0.4, -0.2) is 17.4 Å². The second kappa shape index (κ2) is 4.19. The van der Waals surface area contributed by atoms with Crippen LogP contribution in [0.1, 0.15) is 11.1 Å². The number of hydrogen-bond donors (Lipinski definition) is 1. The van der Waals surface area contributed by atoms with Crippen LogP contribution in [0.4, 0.5) is 5.69 Å². The van der Waals surface area contributed by atoms with Gasteiger partial charge in [-0.2, -0.15) is 0 Å². The Morgan fingerprint density at radius 3 is 2.73 bits per heavy atom. The van der Waals surface area contributed by atoms with Gasteiger partial charge >= 0.3 is 0 Å². The van der Waals surface area contributed by atoms with Crippen molar-refractivity contribution in [2.45, 2.75) is 19.3 Å². The molecule has 0 fully saturated rings. The molecule has 2 nitrogen and oxygen atoms in total. The van der Waals surface area contributed by atoms with E-state index in [1.807, 2.05) is 0 Å². The lowest BCUT2D eigenvalue weighted by atomic mass is 10.1. The maximum atomic E-state index is 3.51. The van der Waals surface area contributed by atoms with E-state index in [0.29, 0.717) is 5.50 Å². The molecule has 0 aromatic heterocycles. The topological polar surface area (TPSA) is 15.3 Å². The first-order valence-electron chi connectivity index (χ1n) is 5.05. The van der Waals surface area contributed by atoms with Gasteiger partial charge in [-0.1, -0.05) is 29.5 Å². The van der Waals surface area contributed by atoms with E-state index in [-0.39, 0.29) is 0 Å². The summed E-state index contributed by atoms with van der Waals surface area (Å²) in [4.78, 5) is 2.17. The summed E-state index contributed by atoms with van der Waals surface area (Å²) in [6, 6.07) is 6.50. The van der Waals surface area contributed by atoms with Gasteiger partial charge in [-0.05, 0) is 30.9 Å². The van der Waals surface area contributed by atoms with Gasteiger partial charge in [0.05, 0.1) is 0 Å². The molecule has 0 bridgehead atoms. The van der Waals surface area contributed by atoms with Crippen molar-refractivity contribution in [2.75, 3.05) is 12.4 Å². The molecule has 1 aliphatic rings. The number of hydrogen-bond acceptors (Lipinski definition) is 3. The molecule has 80 valence electrons. The molecule has 2 rings (SSSR count). The highest BCUT2D eigenvalue weighted by molar-refractivity contribution is 8.03. The summed E-state index contributed by atoms with van der Waals surface area (Å²) in [6.45, 7) is 4.26. The van der Waals surface area contributed by atoms with Gasteiger partial charge in [-0.3, -0.25) is 0 Å². The molecule has 1 aromatic carbocycles. The molecule has 0 spiro atoms. The Balaban J connectivity index is 2.11. The minimum absolute atomic E-state index is 0.325. The van der Waals surface area contributed by atoms with Gasteiger partial charge in [0.1, 0.15) is 0 Å². The van der Waals surface area contributed by atoms with Gasteiger partial charge in [0.15, 0.2) is 5.50 Å². The van der Waals surface area contributed by atoms with E-state index in [1.54, 1.807) is 11.8 Å². The van der Waals surface area contributed by atoms with Gasteiger partial charge in [0, 0.05) is 18.9 Å². The number of nitrogens with one attached hydrogen (secondary N) is 1. The van der Waals surface area contributed by atoms with Crippen molar-refractivity contribution >= 4 is 17.4 Å².